The largest absolute Gasteiger partial charge is 0.414 e. The Morgan fingerprint density at radius 2 is 1.48 bits per heavy atom. The molecule has 13 nitrogen and oxygen atoms in total. The first kappa shape index (κ1) is 44.2. The minimum atomic E-state index is -4.25. The molecule has 0 saturated carbocycles. The van der Waals surface area contributed by atoms with E-state index in [1.807, 2.05) is 33.9 Å². The SMILES string of the molecule is CC(=O)C(CCCCCCCn1c(=O)c(C)cn([C@@H]2O[C@H](CO[Si](C)(C)C(C)(C)C)C3(OS(=O)(=O)C=C3N)[C@H]2O[Si](C)(C)C(C)(C)C)c1=O)C(C)=O. The standard InChI is InChI=1S/C36H63N3O10SSi2/c1-24-21-39(33(43)38(31(24)42)20-18-16-14-15-17-19-27(25(2)40)26(3)41)32-30(48-52(12,13)35(7,8)9)36(28(37)23-50(44,45)49-36)29(47-32)22-46-51(10,11)34(4,5)6/h21,23,27,29-30,32H,14-20,22,37H2,1-13H3/t29-,30+,32-,36?/m1/s1. The van der Waals surface area contributed by atoms with Crippen LogP contribution in [0.25, 0.3) is 0 Å². The van der Waals surface area contributed by atoms with E-state index < -0.39 is 68.0 Å². The van der Waals surface area contributed by atoms with Gasteiger partial charge < -0.3 is 19.3 Å². The van der Waals surface area contributed by atoms with Gasteiger partial charge in [-0.2, -0.15) is 8.42 Å². The lowest BCUT2D eigenvalue weighted by atomic mass is 9.89. The summed E-state index contributed by atoms with van der Waals surface area (Å²) in [6.07, 6.45) is 2.09. The van der Waals surface area contributed by atoms with Crippen LogP contribution in [0.15, 0.2) is 26.9 Å². The van der Waals surface area contributed by atoms with Gasteiger partial charge >= 0.3 is 5.69 Å². The minimum Gasteiger partial charge on any atom is -0.414 e. The van der Waals surface area contributed by atoms with Crippen LogP contribution in [0.3, 0.4) is 0 Å². The van der Waals surface area contributed by atoms with Crippen molar-refractivity contribution in [2.24, 2.45) is 11.7 Å². The third-order valence-corrected chi connectivity index (χ3v) is 21.6. The Balaban J connectivity index is 2.03. The van der Waals surface area contributed by atoms with E-state index in [-0.39, 0.29) is 40.5 Å². The second kappa shape index (κ2) is 15.9. The molecule has 296 valence electrons. The Morgan fingerprint density at radius 1 is 0.942 bits per heavy atom. The summed E-state index contributed by atoms with van der Waals surface area (Å²) >= 11 is 0. The van der Waals surface area contributed by atoms with Crippen molar-refractivity contribution in [3.63, 3.8) is 0 Å². The summed E-state index contributed by atoms with van der Waals surface area (Å²) in [6.45, 7) is 25.1. The van der Waals surface area contributed by atoms with Crippen LogP contribution in [0.4, 0.5) is 0 Å². The number of aryl methyl sites for hydroxylation is 1. The third-order valence-electron chi connectivity index (χ3n) is 11.6. The Kier molecular flexibility index (Phi) is 13.5. The summed E-state index contributed by atoms with van der Waals surface area (Å²) in [7, 11) is -9.39. The van der Waals surface area contributed by atoms with Crippen LogP contribution in [0, 0.1) is 12.8 Å². The predicted octanol–water partition coefficient (Wildman–Crippen LogP) is 5.66. The van der Waals surface area contributed by atoms with Crippen molar-refractivity contribution in [1.29, 1.82) is 0 Å². The van der Waals surface area contributed by atoms with Gasteiger partial charge in [-0.3, -0.25) is 23.5 Å². The number of nitrogens with zero attached hydrogens (tertiary/aromatic N) is 2. The molecule has 1 aromatic heterocycles. The molecule has 3 heterocycles. The summed E-state index contributed by atoms with van der Waals surface area (Å²) < 4.78 is 54.9. The Hall–Kier alpha value is -2.22. The lowest BCUT2D eigenvalue weighted by Gasteiger charge is -2.43. The van der Waals surface area contributed by atoms with Crippen molar-refractivity contribution >= 4 is 38.3 Å². The molecule has 2 aliphatic heterocycles. The second-order valence-corrected chi connectivity index (χ2v) is 28.6. The van der Waals surface area contributed by atoms with E-state index in [1.54, 1.807) is 6.92 Å². The normalized spacial score (nSPS) is 23.8. The molecule has 0 aliphatic carbocycles. The predicted molar refractivity (Wildman–Crippen MR) is 206 cm³/mol. The summed E-state index contributed by atoms with van der Waals surface area (Å²) in [5.41, 5.74) is 3.91. The van der Waals surface area contributed by atoms with Gasteiger partial charge in [0.1, 0.15) is 23.8 Å². The molecule has 1 saturated heterocycles. The number of carbonyl (C=O) groups excluding carboxylic acids is 2. The number of aromatic nitrogens is 2. The van der Waals surface area contributed by atoms with Crippen LogP contribution in [0.1, 0.15) is 106 Å². The van der Waals surface area contributed by atoms with Gasteiger partial charge in [0.25, 0.3) is 15.7 Å². The van der Waals surface area contributed by atoms with Crippen LogP contribution in [-0.2, 0) is 44.0 Å². The number of hydrogen-bond donors (Lipinski definition) is 1. The highest BCUT2D eigenvalue weighted by molar-refractivity contribution is 7.90. The van der Waals surface area contributed by atoms with Gasteiger partial charge in [0.05, 0.1) is 23.6 Å². The fourth-order valence-electron chi connectivity index (χ4n) is 6.19. The van der Waals surface area contributed by atoms with Gasteiger partial charge in [0.2, 0.25) is 0 Å². The maximum atomic E-state index is 14.3. The van der Waals surface area contributed by atoms with E-state index in [4.69, 9.17) is 23.5 Å². The fourth-order valence-corrected chi connectivity index (χ4v) is 9.70. The molecule has 1 spiro atoms. The molecular weight excluding hydrogens is 723 g/mol. The van der Waals surface area contributed by atoms with E-state index in [0.29, 0.717) is 18.4 Å². The molecule has 3 rings (SSSR count). The Morgan fingerprint density at radius 3 is 1.98 bits per heavy atom. The van der Waals surface area contributed by atoms with Gasteiger partial charge in [0.15, 0.2) is 28.5 Å². The van der Waals surface area contributed by atoms with Crippen molar-refractivity contribution in [3.05, 3.63) is 43.7 Å². The zero-order valence-electron chi connectivity index (χ0n) is 33.6. The molecule has 2 N–H and O–H groups in total. The molecule has 1 fully saturated rings. The monoisotopic (exact) mass is 785 g/mol. The maximum absolute atomic E-state index is 14.3. The lowest BCUT2D eigenvalue weighted by Crippen LogP contribution is -2.59. The number of unbranched alkanes of at least 4 members (excludes halogenated alkanes) is 4. The fraction of sp³-hybridized carbons (Fsp3) is 0.778. The lowest BCUT2D eigenvalue weighted by molar-refractivity contribution is -0.130. The summed E-state index contributed by atoms with van der Waals surface area (Å²) in [5, 5.41) is 0.382. The molecule has 52 heavy (non-hydrogen) atoms. The van der Waals surface area contributed by atoms with Crippen molar-refractivity contribution < 1.29 is 35.8 Å². The van der Waals surface area contributed by atoms with E-state index in [0.717, 1.165) is 31.1 Å². The topological polar surface area (TPSA) is 175 Å². The highest BCUT2D eigenvalue weighted by Crippen LogP contribution is 2.52. The first-order chi connectivity index (χ1) is 23.6. The van der Waals surface area contributed by atoms with Gasteiger partial charge in [-0.25, -0.2) is 8.98 Å². The number of ether oxygens (including phenoxy) is 1. The maximum Gasteiger partial charge on any atom is 0.333 e. The number of hydrogen-bond acceptors (Lipinski definition) is 11. The van der Waals surface area contributed by atoms with Gasteiger partial charge in [-0.05, 0) is 69.9 Å². The first-order valence-electron chi connectivity index (χ1n) is 18.3. The van der Waals surface area contributed by atoms with Crippen LogP contribution < -0.4 is 17.0 Å². The van der Waals surface area contributed by atoms with Crippen LogP contribution in [0.2, 0.25) is 36.3 Å². The van der Waals surface area contributed by atoms with E-state index >= 15 is 0 Å². The van der Waals surface area contributed by atoms with Crippen LogP contribution >= 0.6 is 0 Å². The summed E-state index contributed by atoms with van der Waals surface area (Å²) in [4.78, 5) is 51.2. The molecule has 1 aromatic rings. The van der Waals surface area contributed by atoms with Gasteiger partial charge in [0, 0.05) is 18.3 Å². The second-order valence-electron chi connectivity index (χ2n) is 17.6. The number of Topliss-reactive ketones (excluding diaryl/α,β-unsaturated/α-hetero) is 2. The van der Waals surface area contributed by atoms with E-state index in [1.165, 1.54) is 29.2 Å². The number of carbonyl (C=O) groups is 2. The highest BCUT2D eigenvalue weighted by atomic mass is 32.2. The zero-order chi connectivity index (χ0) is 39.8. The van der Waals surface area contributed by atoms with Crippen molar-refractivity contribution in [2.45, 2.75) is 168 Å². The van der Waals surface area contributed by atoms with Gasteiger partial charge in [-0.15, -0.1) is 0 Å². The van der Waals surface area contributed by atoms with Gasteiger partial charge in [-0.1, -0.05) is 67.2 Å². The Labute approximate surface area is 312 Å². The van der Waals surface area contributed by atoms with E-state index in [9.17, 15) is 27.6 Å². The van der Waals surface area contributed by atoms with Crippen molar-refractivity contribution in [3.8, 4) is 0 Å². The van der Waals surface area contributed by atoms with Crippen molar-refractivity contribution in [2.75, 3.05) is 6.61 Å². The Bertz CT molecular complexity index is 1740. The molecule has 0 bridgehead atoms. The van der Waals surface area contributed by atoms with Crippen molar-refractivity contribution in [1.82, 2.24) is 9.13 Å². The third kappa shape index (κ3) is 9.35. The molecule has 4 atom stereocenters. The molecular formula is C36H63N3O10SSi2. The zero-order valence-corrected chi connectivity index (χ0v) is 36.4. The van der Waals surface area contributed by atoms with Crippen LogP contribution in [0.5, 0.6) is 0 Å². The highest BCUT2D eigenvalue weighted by Gasteiger charge is 2.67. The molecule has 2 aliphatic rings. The molecule has 1 unspecified atom stereocenters. The first-order valence-corrected chi connectivity index (χ1v) is 25.6. The summed E-state index contributed by atoms with van der Waals surface area (Å²) in [6, 6.07) is 0. The summed E-state index contributed by atoms with van der Waals surface area (Å²) in [5.74, 6) is -0.804. The average Bonchev–Trinajstić information content (AvgIpc) is 3.41. The molecule has 0 radical (unpaired) electrons. The molecule has 0 aromatic carbocycles. The number of ketones is 2. The molecule has 0 amide bonds. The van der Waals surface area contributed by atoms with Crippen LogP contribution in [-0.4, -0.2) is 70.2 Å². The smallest absolute Gasteiger partial charge is 0.333 e. The average molecular weight is 786 g/mol. The van der Waals surface area contributed by atoms with E-state index in [2.05, 4.69) is 33.9 Å². The molecule has 16 heteroatoms. The number of rotatable bonds is 16. The quantitative estimate of drug-likeness (QED) is 0.0948. The number of nitrogens with two attached hydrogens (primary N) is 1. The minimum absolute atomic E-state index is 0.0681.